The fourth-order valence-corrected chi connectivity index (χ4v) is 2.45. The van der Waals surface area contributed by atoms with Crippen LogP contribution < -0.4 is 11.3 Å². The smallest absolute Gasteiger partial charge is 0.142 e. The SMILES string of the molecule is NNC(Cc1cc(F)ccc1Br)c1ccc(Cl)c(F)c1. The van der Waals surface area contributed by atoms with Crippen molar-refractivity contribution in [3.05, 3.63) is 68.7 Å². The van der Waals surface area contributed by atoms with E-state index in [2.05, 4.69) is 21.4 Å². The van der Waals surface area contributed by atoms with E-state index >= 15 is 0 Å². The molecule has 0 amide bonds. The van der Waals surface area contributed by atoms with Crippen molar-refractivity contribution < 1.29 is 8.78 Å². The first-order valence-corrected chi connectivity index (χ1v) is 7.03. The molecule has 0 spiro atoms. The summed E-state index contributed by atoms with van der Waals surface area (Å²) in [5.74, 6) is 4.67. The minimum absolute atomic E-state index is 0.0523. The normalized spacial score (nSPS) is 12.4. The number of nitrogens with two attached hydrogens (primary N) is 1. The lowest BCUT2D eigenvalue weighted by Crippen LogP contribution is -2.29. The molecule has 0 aliphatic rings. The third-order valence-corrected chi connectivity index (χ3v) is 4.06. The van der Waals surface area contributed by atoms with E-state index in [0.717, 1.165) is 10.0 Å². The van der Waals surface area contributed by atoms with Crippen molar-refractivity contribution in [2.75, 3.05) is 0 Å². The Morgan fingerprint density at radius 3 is 2.60 bits per heavy atom. The Labute approximate surface area is 129 Å². The summed E-state index contributed by atoms with van der Waals surface area (Å²) < 4.78 is 27.5. The Bertz CT molecular complexity index is 622. The van der Waals surface area contributed by atoms with Crippen molar-refractivity contribution >= 4 is 27.5 Å². The predicted octanol–water partition coefficient (Wildman–Crippen LogP) is 4.13. The van der Waals surface area contributed by atoms with Gasteiger partial charge in [0.2, 0.25) is 0 Å². The van der Waals surface area contributed by atoms with Crippen molar-refractivity contribution in [2.45, 2.75) is 12.5 Å². The van der Waals surface area contributed by atoms with Crippen LogP contribution >= 0.6 is 27.5 Å². The van der Waals surface area contributed by atoms with E-state index in [4.69, 9.17) is 17.4 Å². The summed E-state index contributed by atoms with van der Waals surface area (Å²) in [6.45, 7) is 0. The largest absolute Gasteiger partial charge is 0.271 e. The minimum atomic E-state index is -0.511. The van der Waals surface area contributed by atoms with E-state index in [9.17, 15) is 8.78 Å². The van der Waals surface area contributed by atoms with Gasteiger partial charge in [-0.3, -0.25) is 11.3 Å². The van der Waals surface area contributed by atoms with Crippen LogP contribution in [0.1, 0.15) is 17.2 Å². The van der Waals surface area contributed by atoms with Crippen LogP contribution in [0, 0.1) is 11.6 Å². The monoisotopic (exact) mass is 360 g/mol. The Kier molecular flexibility index (Phi) is 5.10. The van der Waals surface area contributed by atoms with Gasteiger partial charge in [0.15, 0.2) is 0 Å². The molecule has 0 aliphatic carbocycles. The highest BCUT2D eigenvalue weighted by atomic mass is 79.9. The number of halogens is 4. The molecule has 0 saturated heterocycles. The molecule has 0 fully saturated rings. The summed E-state index contributed by atoms with van der Waals surface area (Å²) in [4.78, 5) is 0. The maximum Gasteiger partial charge on any atom is 0.142 e. The Morgan fingerprint density at radius 2 is 1.95 bits per heavy atom. The molecule has 0 aromatic heterocycles. The van der Waals surface area contributed by atoms with Crippen molar-refractivity contribution in [3.8, 4) is 0 Å². The zero-order valence-corrected chi connectivity index (χ0v) is 12.7. The van der Waals surface area contributed by atoms with Crippen LogP contribution in [-0.2, 0) is 6.42 Å². The Hall–Kier alpha value is -1.01. The number of nitrogens with one attached hydrogen (secondary N) is 1. The second-order valence-electron chi connectivity index (χ2n) is 4.33. The van der Waals surface area contributed by atoms with Gasteiger partial charge < -0.3 is 0 Å². The average Bonchev–Trinajstić information content (AvgIpc) is 2.43. The first kappa shape index (κ1) is 15.4. The number of rotatable bonds is 4. The number of hydrogen-bond acceptors (Lipinski definition) is 2. The van der Waals surface area contributed by atoms with E-state index in [1.807, 2.05) is 0 Å². The summed E-state index contributed by atoms with van der Waals surface area (Å²) in [6.07, 6.45) is 0.413. The molecule has 0 heterocycles. The molecule has 2 aromatic carbocycles. The van der Waals surface area contributed by atoms with E-state index in [0.29, 0.717) is 12.0 Å². The predicted molar refractivity (Wildman–Crippen MR) is 79.3 cm³/mol. The average molecular weight is 362 g/mol. The van der Waals surface area contributed by atoms with E-state index < -0.39 is 5.82 Å². The Balaban J connectivity index is 2.28. The molecule has 0 saturated carbocycles. The summed E-state index contributed by atoms with van der Waals surface area (Å²) in [5.41, 5.74) is 3.99. The molecule has 1 unspecified atom stereocenters. The van der Waals surface area contributed by atoms with Crippen LogP contribution in [0.4, 0.5) is 8.78 Å². The highest BCUT2D eigenvalue weighted by Gasteiger charge is 2.14. The maximum absolute atomic E-state index is 13.5. The molecule has 3 N–H and O–H groups in total. The molecule has 106 valence electrons. The molecule has 2 nitrogen and oxygen atoms in total. The fraction of sp³-hybridized carbons (Fsp3) is 0.143. The van der Waals surface area contributed by atoms with Gasteiger partial charge in [-0.05, 0) is 47.9 Å². The fourth-order valence-electron chi connectivity index (χ4n) is 1.92. The van der Waals surface area contributed by atoms with Gasteiger partial charge in [0.25, 0.3) is 0 Å². The van der Waals surface area contributed by atoms with Crippen molar-refractivity contribution in [1.82, 2.24) is 5.43 Å². The van der Waals surface area contributed by atoms with E-state index in [-0.39, 0.29) is 16.9 Å². The summed E-state index contributed by atoms with van der Waals surface area (Å²) in [5, 5.41) is 0.0523. The first-order valence-electron chi connectivity index (χ1n) is 5.86. The molecule has 0 radical (unpaired) electrons. The Morgan fingerprint density at radius 1 is 1.20 bits per heavy atom. The van der Waals surface area contributed by atoms with Crippen LogP contribution in [0.25, 0.3) is 0 Å². The van der Waals surface area contributed by atoms with Crippen LogP contribution in [-0.4, -0.2) is 0 Å². The second kappa shape index (κ2) is 6.63. The summed E-state index contributed by atoms with van der Waals surface area (Å²) in [7, 11) is 0. The highest BCUT2D eigenvalue weighted by Crippen LogP contribution is 2.26. The van der Waals surface area contributed by atoms with E-state index in [1.54, 1.807) is 12.1 Å². The standard InChI is InChI=1S/C14H12BrClF2N2/c15-11-3-2-10(17)5-9(11)7-14(20-19)8-1-4-12(16)13(18)6-8/h1-6,14,20H,7,19H2. The maximum atomic E-state index is 13.5. The van der Waals surface area contributed by atoms with Crippen LogP contribution in [0.15, 0.2) is 40.9 Å². The van der Waals surface area contributed by atoms with E-state index in [1.165, 1.54) is 24.3 Å². The molecule has 6 heteroatoms. The lowest BCUT2D eigenvalue weighted by Gasteiger charge is -2.17. The molecule has 0 bridgehead atoms. The van der Waals surface area contributed by atoms with Gasteiger partial charge in [-0.15, -0.1) is 0 Å². The van der Waals surface area contributed by atoms with Crippen molar-refractivity contribution in [1.29, 1.82) is 0 Å². The van der Waals surface area contributed by atoms with Gasteiger partial charge in [-0.1, -0.05) is 33.6 Å². The second-order valence-corrected chi connectivity index (χ2v) is 5.59. The lowest BCUT2D eigenvalue weighted by atomic mass is 9.99. The number of benzene rings is 2. The van der Waals surface area contributed by atoms with Crippen molar-refractivity contribution in [3.63, 3.8) is 0 Å². The van der Waals surface area contributed by atoms with Gasteiger partial charge in [0.1, 0.15) is 11.6 Å². The zero-order chi connectivity index (χ0) is 14.7. The van der Waals surface area contributed by atoms with Crippen LogP contribution in [0.3, 0.4) is 0 Å². The molecule has 1 atom stereocenters. The quantitative estimate of drug-likeness (QED) is 0.635. The number of hydrogen-bond donors (Lipinski definition) is 2. The van der Waals surface area contributed by atoms with Gasteiger partial charge >= 0.3 is 0 Å². The molecule has 2 aromatic rings. The molecule has 2 rings (SSSR count). The van der Waals surface area contributed by atoms with Gasteiger partial charge in [0, 0.05) is 4.47 Å². The van der Waals surface area contributed by atoms with Gasteiger partial charge in [0.05, 0.1) is 11.1 Å². The lowest BCUT2D eigenvalue weighted by molar-refractivity contribution is 0.541. The summed E-state index contributed by atoms with van der Waals surface area (Å²) in [6, 6.07) is 8.53. The first-order chi connectivity index (χ1) is 9.51. The van der Waals surface area contributed by atoms with Crippen LogP contribution in [0.5, 0.6) is 0 Å². The third kappa shape index (κ3) is 3.55. The number of hydrazine groups is 1. The van der Waals surface area contributed by atoms with Crippen LogP contribution in [0.2, 0.25) is 5.02 Å². The van der Waals surface area contributed by atoms with Gasteiger partial charge in [-0.2, -0.15) is 0 Å². The molecule has 20 heavy (non-hydrogen) atoms. The van der Waals surface area contributed by atoms with Crippen molar-refractivity contribution in [2.24, 2.45) is 5.84 Å². The topological polar surface area (TPSA) is 38.0 Å². The minimum Gasteiger partial charge on any atom is -0.271 e. The van der Waals surface area contributed by atoms with Gasteiger partial charge in [-0.25, -0.2) is 8.78 Å². The molecule has 0 aliphatic heterocycles. The zero-order valence-electron chi connectivity index (χ0n) is 10.3. The summed E-state index contributed by atoms with van der Waals surface area (Å²) >= 11 is 9.01. The molecular formula is C14H12BrClF2N2. The highest BCUT2D eigenvalue weighted by molar-refractivity contribution is 9.10. The third-order valence-electron chi connectivity index (χ3n) is 2.98. The molecular weight excluding hydrogens is 350 g/mol.